The van der Waals surface area contributed by atoms with Crippen molar-refractivity contribution in [3.63, 3.8) is 0 Å². The Kier molecular flexibility index (Phi) is 5.08. The first kappa shape index (κ1) is 15.1. The molecule has 1 N–H and O–H groups in total. The second-order valence-corrected chi connectivity index (χ2v) is 8.25. The van der Waals surface area contributed by atoms with E-state index in [9.17, 15) is 0 Å². The molecule has 0 bridgehead atoms. The Balaban J connectivity index is 1.83. The molecule has 1 aromatic heterocycles. The number of hydrogen-bond donors (Lipinski definition) is 1. The lowest BCUT2D eigenvalue weighted by Crippen LogP contribution is -2.34. The first-order chi connectivity index (χ1) is 8.97. The molecular formula is C17H29NS. The first-order valence-corrected chi connectivity index (χ1v) is 8.61. The predicted molar refractivity (Wildman–Crippen MR) is 85.9 cm³/mol. The lowest BCUT2D eigenvalue weighted by molar-refractivity contribution is 0.281. The summed E-state index contributed by atoms with van der Waals surface area (Å²) in [6.45, 7) is 10.3. The minimum absolute atomic E-state index is 0.290. The van der Waals surface area contributed by atoms with Gasteiger partial charge in [0.15, 0.2) is 0 Å². The second-order valence-electron chi connectivity index (χ2n) is 7.08. The van der Waals surface area contributed by atoms with Gasteiger partial charge in [-0.05, 0) is 43.2 Å². The summed E-state index contributed by atoms with van der Waals surface area (Å²) >= 11 is 1.97. The highest BCUT2D eigenvalue weighted by atomic mass is 32.1. The molecule has 1 atom stereocenters. The zero-order valence-corrected chi connectivity index (χ0v) is 13.8. The second kappa shape index (κ2) is 6.41. The maximum absolute atomic E-state index is 3.74. The Morgan fingerprint density at radius 2 is 1.89 bits per heavy atom. The first-order valence-electron chi connectivity index (χ1n) is 7.79. The maximum Gasteiger partial charge on any atom is 0.0302 e. The van der Waals surface area contributed by atoms with Gasteiger partial charge in [-0.15, -0.1) is 11.3 Å². The molecule has 19 heavy (non-hydrogen) atoms. The van der Waals surface area contributed by atoms with E-state index in [4.69, 9.17) is 0 Å². The Hall–Kier alpha value is -0.340. The molecule has 108 valence electrons. The van der Waals surface area contributed by atoms with Crippen LogP contribution in [0.2, 0.25) is 0 Å². The van der Waals surface area contributed by atoms with Crippen LogP contribution in [0.25, 0.3) is 0 Å². The van der Waals surface area contributed by atoms with Gasteiger partial charge in [0.05, 0.1) is 0 Å². The SMILES string of the molecule is C[C@H](NCc1ccc(C(C)(C)C)s1)C1CCCCC1. The van der Waals surface area contributed by atoms with Crippen LogP contribution < -0.4 is 5.32 Å². The number of rotatable bonds is 4. The van der Waals surface area contributed by atoms with Crippen molar-refractivity contribution in [1.82, 2.24) is 5.32 Å². The van der Waals surface area contributed by atoms with Crippen molar-refractivity contribution in [3.8, 4) is 0 Å². The Morgan fingerprint density at radius 3 is 2.47 bits per heavy atom. The van der Waals surface area contributed by atoms with Crippen molar-refractivity contribution in [2.24, 2.45) is 5.92 Å². The molecule has 1 aromatic rings. The zero-order valence-electron chi connectivity index (χ0n) is 13.0. The van der Waals surface area contributed by atoms with Crippen LogP contribution in [0.15, 0.2) is 12.1 Å². The molecule has 1 saturated carbocycles. The van der Waals surface area contributed by atoms with Gasteiger partial charge in [0.2, 0.25) is 0 Å². The van der Waals surface area contributed by atoms with E-state index < -0.39 is 0 Å². The van der Waals surface area contributed by atoms with E-state index in [0.29, 0.717) is 6.04 Å². The van der Waals surface area contributed by atoms with Crippen molar-refractivity contribution < 1.29 is 0 Å². The fourth-order valence-corrected chi connectivity index (χ4v) is 3.95. The lowest BCUT2D eigenvalue weighted by Gasteiger charge is -2.28. The average Bonchev–Trinajstić information content (AvgIpc) is 2.86. The molecule has 2 heteroatoms. The van der Waals surface area contributed by atoms with Gasteiger partial charge in [0.1, 0.15) is 0 Å². The number of thiophene rings is 1. The quantitative estimate of drug-likeness (QED) is 0.808. The molecule has 1 nitrogen and oxygen atoms in total. The monoisotopic (exact) mass is 279 g/mol. The third kappa shape index (κ3) is 4.32. The van der Waals surface area contributed by atoms with E-state index in [1.54, 1.807) is 0 Å². The largest absolute Gasteiger partial charge is 0.309 e. The predicted octanol–water partition coefficient (Wildman–Crippen LogP) is 5.10. The van der Waals surface area contributed by atoms with Crippen LogP contribution in [-0.2, 0) is 12.0 Å². The molecule has 0 spiro atoms. The standard InChI is InChI=1S/C17H29NS/c1-13(14-8-6-5-7-9-14)18-12-15-10-11-16(19-15)17(2,3)4/h10-11,13-14,18H,5-9,12H2,1-4H3/t13-/m0/s1. The van der Waals surface area contributed by atoms with Gasteiger partial charge >= 0.3 is 0 Å². The van der Waals surface area contributed by atoms with Crippen LogP contribution >= 0.6 is 11.3 Å². The maximum atomic E-state index is 3.74. The third-order valence-corrected chi connectivity index (χ3v) is 5.87. The van der Waals surface area contributed by atoms with E-state index in [2.05, 4.69) is 45.1 Å². The number of hydrogen-bond acceptors (Lipinski definition) is 2. The van der Waals surface area contributed by atoms with Gasteiger partial charge < -0.3 is 5.32 Å². The van der Waals surface area contributed by atoms with Gasteiger partial charge in [-0.1, -0.05) is 40.0 Å². The summed E-state index contributed by atoms with van der Waals surface area (Å²) in [5.41, 5.74) is 0.290. The average molecular weight is 279 g/mol. The van der Waals surface area contributed by atoms with E-state index >= 15 is 0 Å². The Bertz CT molecular complexity index is 382. The van der Waals surface area contributed by atoms with Crippen molar-refractivity contribution in [1.29, 1.82) is 0 Å². The van der Waals surface area contributed by atoms with Crippen LogP contribution in [-0.4, -0.2) is 6.04 Å². The van der Waals surface area contributed by atoms with Crippen LogP contribution in [0.4, 0.5) is 0 Å². The zero-order chi connectivity index (χ0) is 13.9. The highest BCUT2D eigenvalue weighted by Gasteiger charge is 2.20. The van der Waals surface area contributed by atoms with Gasteiger partial charge in [0, 0.05) is 22.3 Å². The highest BCUT2D eigenvalue weighted by Crippen LogP contribution is 2.30. The molecule has 0 saturated heterocycles. The van der Waals surface area contributed by atoms with E-state index in [1.165, 1.54) is 41.9 Å². The van der Waals surface area contributed by atoms with Gasteiger partial charge in [0.25, 0.3) is 0 Å². The minimum atomic E-state index is 0.290. The van der Waals surface area contributed by atoms with E-state index in [-0.39, 0.29) is 5.41 Å². The van der Waals surface area contributed by atoms with Gasteiger partial charge in [-0.25, -0.2) is 0 Å². The normalized spacial score (nSPS) is 19.6. The van der Waals surface area contributed by atoms with Crippen molar-refractivity contribution in [3.05, 3.63) is 21.9 Å². The summed E-state index contributed by atoms with van der Waals surface area (Å²) in [6.07, 6.45) is 7.16. The summed E-state index contributed by atoms with van der Waals surface area (Å²) in [6, 6.07) is 5.26. The molecular weight excluding hydrogens is 250 g/mol. The fourth-order valence-electron chi connectivity index (χ4n) is 2.94. The van der Waals surface area contributed by atoms with Crippen LogP contribution in [0, 0.1) is 5.92 Å². The summed E-state index contributed by atoms with van der Waals surface area (Å²) in [5, 5.41) is 3.74. The molecule has 2 rings (SSSR count). The van der Waals surface area contributed by atoms with Gasteiger partial charge in [-0.3, -0.25) is 0 Å². The molecule has 0 unspecified atom stereocenters. The molecule has 0 aromatic carbocycles. The summed E-state index contributed by atoms with van der Waals surface area (Å²) in [7, 11) is 0. The van der Waals surface area contributed by atoms with Crippen molar-refractivity contribution >= 4 is 11.3 Å². The molecule has 0 amide bonds. The molecule has 1 aliphatic carbocycles. The smallest absolute Gasteiger partial charge is 0.0302 e. The fraction of sp³-hybridized carbons (Fsp3) is 0.765. The van der Waals surface area contributed by atoms with Crippen LogP contribution in [0.3, 0.4) is 0 Å². The van der Waals surface area contributed by atoms with Crippen LogP contribution in [0.5, 0.6) is 0 Å². The van der Waals surface area contributed by atoms with Crippen LogP contribution in [0.1, 0.15) is 69.6 Å². The molecule has 1 heterocycles. The highest BCUT2D eigenvalue weighted by molar-refractivity contribution is 7.12. The molecule has 1 aliphatic rings. The molecule has 1 fully saturated rings. The lowest BCUT2D eigenvalue weighted by atomic mass is 9.84. The topological polar surface area (TPSA) is 12.0 Å². The molecule has 0 aliphatic heterocycles. The Morgan fingerprint density at radius 1 is 1.21 bits per heavy atom. The third-order valence-electron chi connectivity index (χ3n) is 4.36. The van der Waals surface area contributed by atoms with E-state index in [0.717, 1.165) is 12.5 Å². The van der Waals surface area contributed by atoms with Gasteiger partial charge in [-0.2, -0.15) is 0 Å². The van der Waals surface area contributed by atoms with Crippen molar-refractivity contribution in [2.75, 3.05) is 0 Å². The van der Waals surface area contributed by atoms with E-state index in [1.807, 2.05) is 11.3 Å². The minimum Gasteiger partial charge on any atom is -0.309 e. The number of nitrogens with one attached hydrogen (secondary N) is 1. The molecule has 0 radical (unpaired) electrons. The summed E-state index contributed by atoms with van der Waals surface area (Å²) < 4.78 is 0. The Labute approximate surface area is 122 Å². The van der Waals surface area contributed by atoms with Crippen molar-refractivity contribution in [2.45, 2.75) is 77.8 Å². The summed E-state index contributed by atoms with van der Waals surface area (Å²) in [4.78, 5) is 2.97. The summed E-state index contributed by atoms with van der Waals surface area (Å²) in [5.74, 6) is 0.899.